The zero-order chi connectivity index (χ0) is 14.1. The smallest absolute Gasteiger partial charge is 0.179 e. The van der Waals surface area contributed by atoms with Crippen LogP contribution in [0.25, 0.3) is 11.2 Å². The summed E-state index contributed by atoms with van der Waals surface area (Å²) in [5, 5.41) is 0. The number of aromatic amines is 1. The van der Waals surface area contributed by atoms with Crippen LogP contribution >= 0.6 is 0 Å². The lowest BCUT2D eigenvalue weighted by atomic mass is 10.1. The number of imidazole rings is 1. The summed E-state index contributed by atoms with van der Waals surface area (Å²) in [6.07, 6.45) is 0.721. The number of nitrogens with two attached hydrogens (primary N) is 1. The fourth-order valence-corrected chi connectivity index (χ4v) is 2.16. The topological polar surface area (TPSA) is 70.8 Å². The lowest BCUT2D eigenvalue weighted by Gasteiger charge is -2.09. The second-order valence-corrected chi connectivity index (χ2v) is 5.04. The second-order valence-electron chi connectivity index (χ2n) is 5.04. The van der Waals surface area contributed by atoms with Crippen LogP contribution in [0.4, 0.5) is 11.5 Å². The van der Waals surface area contributed by atoms with Gasteiger partial charge in [-0.3, -0.25) is 0 Å². The van der Waals surface area contributed by atoms with Crippen molar-refractivity contribution in [2.75, 3.05) is 24.7 Å². The van der Waals surface area contributed by atoms with Gasteiger partial charge in [0.15, 0.2) is 5.65 Å². The van der Waals surface area contributed by atoms with E-state index in [-0.39, 0.29) is 0 Å². The molecule has 0 aliphatic heterocycles. The largest absolute Gasteiger partial charge is 0.399 e. The van der Waals surface area contributed by atoms with E-state index in [1.807, 2.05) is 55.4 Å². The number of aromatic nitrogens is 3. The van der Waals surface area contributed by atoms with Crippen molar-refractivity contribution in [1.29, 1.82) is 0 Å². The van der Waals surface area contributed by atoms with Crippen molar-refractivity contribution in [3.8, 4) is 0 Å². The highest BCUT2D eigenvalue weighted by atomic mass is 15.1. The van der Waals surface area contributed by atoms with Gasteiger partial charge in [-0.2, -0.15) is 0 Å². The minimum absolute atomic E-state index is 0.721. The molecule has 0 aliphatic carbocycles. The molecule has 5 heteroatoms. The molecular weight excluding hydrogens is 250 g/mol. The van der Waals surface area contributed by atoms with Crippen molar-refractivity contribution in [3.63, 3.8) is 0 Å². The lowest BCUT2D eigenvalue weighted by Crippen LogP contribution is -2.10. The number of rotatable bonds is 3. The molecule has 3 rings (SSSR count). The van der Waals surface area contributed by atoms with Gasteiger partial charge < -0.3 is 15.6 Å². The van der Waals surface area contributed by atoms with Crippen molar-refractivity contribution in [2.24, 2.45) is 0 Å². The molecule has 0 spiro atoms. The number of fused-ring (bicyclic) bond motifs is 1. The van der Waals surface area contributed by atoms with Crippen molar-refractivity contribution in [1.82, 2.24) is 15.0 Å². The summed E-state index contributed by atoms with van der Waals surface area (Å²) in [5.41, 5.74) is 9.40. The molecule has 0 atom stereocenters. The van der Waals surface area contributed by atoms with Gasteiger partial charge in [0.05, 0.1) is 5.52 Å². The SMILES string of the molecule is CN(C)c1ccc2[nH]c(Cc3cccc(N)c3)nc2n1. The normalized spacial score (nSPS) is 10.9. The molecule has 0 bridgehead atoms. The van der Waals surface area contributed by atoms with Crippen LogP contribution in [-0.4, -0.2) is 29.0 Å². The summed E-state index contributed by atoms with van der Waals surface area (Å²) in [4.78, 5) is 14.3. The van der Waals surface area contributed by atoms with Crippen LogP contribution in [0.2, 0.25) is 0 Å². The van der Waals surface area contributed by atoms with Crippen LogP contribution in [0, 0.1) is 0 Å². The molecule has 102 valence electrons. The number of pyridine rings is 1. The Kier molecular flexibility index (Phi) is 3.02. The van der Waals surface area contributed by atoms with Crippen molar-refractivity contribution in [3.05, 3.63) is 47.8 Å². The minimum atomic E-state index is 0.721. The highest BCUT2D eigenvalue weighted by molar-refractivity contribution is 5.73. The standard InChI is InChI=1S/C15H17N5/c1-20(2)14-7-6-12-15(19-14)18-13(17-12)9-10-4-3-5-11(16)8-10/h3-8H,9,16H2,1-2H3,(H,17,18,19). The summed E-state index contributed by atoms with van der Waals surface area (Å²) in [7, 11) is 3.93. The van der Waals surface area contributed by atoms with E-state index in [2.05, 4.69) is 15.0 Å². The molecule has 3 N–H and O–H groups in total. The van der Waals surface area contributed by atoms with Crippen LogP contribution in [0.5, 0.6) is 0 Å². The van der Waals surface area contributed by atoms with Crippen molar-refractivity contribution >= 4 is 22.7 Å². The van der Waals surface area contributed by atoms with E-state index in [9.17, 15) is 0 Å². The van der Waals surface area contributed by atoms with Crippen molar-refractivity contribution in [2.45, 2.75) is 6.42 Å². The summed E-state index contributed by atoms with van der Waals surface area (Å²) < 4.78 is 0. The molecular formula is C15H17N5. The molecule has 2 heterocycles. The molecule has 1 aromatic carbocycles. The molecule has 20 heavy (non-hydrogen) atoms. The highest BCUT2D eigenvalue weighted by Crippen LogP contribution is 2.17. The third-order valence-corrected chi connectivity index (χ3v) is 3.16. The third kappa shape index (κ3) is 2.42. The Morgan fingerprint density at radius 1 is 1.15 bits per heavy atom. The maximum absolute atomic E-state index is 5.79. The number of nitrogens with zero attached hydrogens (tertiary/aromatic N) is 3. The summed E-state index contributed by atoms with van der Waals surface area (Å²) >= 11 is 0. The Labute approximate surface area is 117 Å². The molecule has 0 saturated heterocycles. The minimum Gasteiger partial charge on any atom is -0.399 e. The van der Waals surface area contributed by atoms with Gasteiger partial charge in [0.1, 0.15) is 11.6 Å². The predicted octanol–water partition coefficient (Wildman–Crippen LogP) is 2.20. The highest BCUT2D eigenvalue weighted by Gasteiger charge is 2.07. The van der Waals surface area contributed by atoms with E-state index in [1.54, 1.807) is 0 Å². The molecule has 2 aromatic heterocycles. The van der Waals surface area contributed by atoms with Gasteiger partial charge in [0, 0.05) is 26.2 Å². The zero-order valence-corrected chi connectivity index (χ0v) is 11.6. The molecule has 0 amide bonds. The first-order chi connectivity index (χ1) is 9.61. The Balaban J connectivity index is 1.93. The van der Waals surface area contributed by atoms with E-state index in [0.29, 0.717) is 0 Å². The first-order valence-corrected chi connectivity index (χ1v) is 6.49. The average Bonchev–Trinajstić information content (AvgIpc) is 2.79. The van der Waals surface area contributed by atoms with Gasteiger partial charge in [-0.05, 0) is 29.8 Å². The summed E-state index contributed by atoms with van der Waals surface area (Å²) in [5.74, 6) is 1.80. The van der Waals surface area contributed by atoms with Crippen LogP contribution in [0.15, 0.2) is 36.4 Å². The summed E-state index contributed by atoms with van der Waals surface area (Å²) in [6, 6.07) is 11.8. The van der Waals surface area contributed by atoms with Gasteiger partial charge in [0.2, 0.25) is 0 Å². The molecule has 0 radical (unpaired) electrons. The van der Waals surface area contributed by atoms with Gasteiger partial charge in [0.25, 0.3) is 0 Å². The fourth-order valence-electron chi connectivity index (χ4n) is 2.16. The Hall–Kier alpha value is -2.56. The maximum Gasteiger partial charge on any atom is 0.179 e. The van der Waals surface area contributed by atoms with Gasteiger partial charge >= 0.3 is 0 Å². The third-order valence-electron chi connectivity index (χ3n) is 3.16. The molecule has 0 fully saturated rings. The molecule has 0 aliphatic rings. The number of H-pyrrole nitrogens is 1. The van der Waals surface area contributed by atoms with Crippen molar-refractivity contribution < 1.29 is 0 Å². The quantitative estimate of drug-likeness (QED) is 0.714. The Morgan fingerprint density at radius 3 is 2.75 bits per heavy atom. The first-order valence-electron chi connectivity index (χ1n) is 6.49. The van der Waals surface area contributed by atoms with Crippen LogP contribution in [0.3, 0.4) is 0 Å². The molecule has 5 nitrogen and oxygen atoms in total. The van der Waals surface area contributed by atoms with E-state index >= 15 is 0 Å². The average molecular weight is 267 g/mol. The van der Waals surface area contributed by atoms with Gasteiger partial charge in [-0.15, -0.1) is 0 Å². The maximum atomic E-state index is 5.79. The van der Waals surface area contributed by atoms with E-state index < -0.39 is 0 Å². The number of benzene rings is 1. The molecule has 0 saturated carbocycles. The van der Waals surface area contributed by atoms with Gasteiger partial charge in [-0.1, -0.05) is 12.1 Å². The lowest BCUT2D eigenvalue weighted by molar-refractivity contribution is 1.03. The Bertz CT molecular complexity index is 745. The first kappa shape index (κ1) is 12.5. The summed E-state index contributed by atoms with van der Waals surface area (Å²) in [6.45, 7) is 0. The fraction of sp³-hybridized carbons (Fsp3) is 0.200. The van der Waals surface area contributed by atoms with E-state index in [0.717, 1.165) is 40.5 Å². The number of hydrogen-bond acceptors (Lipinski definition) is 4. The monoisotopic (exact) mass is 267 g/mol. The number of nitrogen functional groups attached to an aromatic ring is 1. The second kappa shape index (κ2) is 4.85. The van der Waals surface area contributed by atoms with Crippen LogP contribution in [0.1, 0.15) is 11.4 Å². The van der Waals surface area contributed by atoms with Crippen LogP contribution in [-0.2, 0) is 6.42 Å². The predicted molar refractivity (Wildman–Crippen MR) is 81.9 cm³/mol. The van der Waals surface area contributed by atoms with Gasteiger partial charge in [-0.25, -0.2) is 9.97 Å². The number of anilines is 2. The zero-order valence-electron chi connectivity index (χ0n) is 11.6. The molecule has 3 aromatic rings. The molecule has 0 unspecified atom stereocenters. The van der Waals surface area contributed by atoms with E-state index in [4.69, 9.17) is 5.73 Å². The number of hydrogen-bond donors (Lipinski definition) is 2. The van der Waals surface area contributed by atoms with E-state index in [1.165, 1.54) is 0 Å². The Morgan fingerprint density at radius 2 is 2.00 bits per heavy atom. The number of nitrogens with one attached hydrogen (secondary N) is 1. The van der Waals surface area contributed by atoms with Crippen LogP contribution < -0.4 is 10.6 Å².